The minimum absolute atomic E-state index is 0.00160. The number of carbonyl (C=O) groups excluding carboxylic acids is 4. The van der Waals surface area contributed by atoms with Crippen LogP contribution in [0.25, 0.3) is 0 Å². The van der Waals surface area contributed by atoms with Gasteiger partial charge in [-0.3, -0.25) is 24.0 Å². The van der Waals surface area contributed by atoms with E-state index in [0.29, 0.717) is 24.1 Å². The van der Waals surface area contributed by atoms with Crippen LogP contribution >= 0.6 is 0 Å². The van der Waals surface area contributed by atoms with Gasteiger partial charge in [0.15, 0.2) is 0 Å². The van der Waals surface area contributed by atoms with Crippen LogP contribution in [0.4, 0.5) is 0 Å². The predicted octanol–water partition coefficient (Wildman–Crippen LogP) is 0.474. The number of amides is 4. The highest BCUT2D eigenvalue weighted by Crippen LogP contribution is 2.13. The Morgan fingerprint density at radius 2 is 1.28 bits per heavy atom. The monoisotopic (exact) mass is 653 g/mol. The average molecular weight is 654 g/mol. The highest BCUT2D eigenvalue weighted by molar-refractivity contribution is 5.96. The van der Waals surface area contributed by atoms with Gasteiger partial charge in [-0.05, 0) is 55.0 Å². The van der Waals surface area contributed by atoms with E-state index in [1.165, 1.54) is 24.3 Å². The van der Waals surface area contributed by atoms with E-state index in [-0.39, 0.29) is 30.9 Å². The molecular formula is C33H43N5O9. The zero-order valence-electron chi connectivity index (χ0n) is 26.4. The Bertz CT molecular complexity index is 1390. The molecule has 8 N–H and O–H groups in total. The summed E-state index contributed by atoms with van der Waals surface area (Å²) in [7, 11) is 0. The first-order valence-electron chi connectivity index (χ1n) is 15.5. The lowest BCUT2D eigenvalue weighted by Crippen LogP contribution is -2.59. The third-order valence-corrected chi connectivity index (χ3v) is 7.63. The normalized spacial score (nSPS) is 16.7. The summed E-state index contributed by atoms with van der Waals surface area (Å²) in [4.78, 5) is 77.0. The van der Waals surface area contributed by atoms with Crippen molar-refractivity contribution in [3.8, 4) is 5.75 Å². The number of nitrogens with one attached hydrogen (secondary N) is 5. The number of hydrogen-bond acceptors (Lipinski definition) is 8. The number of carboxylic acid groups (broad SMARTS) is 2. The van der Waals surface area contributed by atoms with E-state index in [9.17, 15) is 44.1 Å². The fourth-order valence-electron chi connectivity index (χ4n) is 5.21. The van der Waals surface area contributed by atoms with Crippen LogP contribution in [0.5, 0.6) is 5.75 Å². The summed E-state index contributed by atoms with van der Waals surface area (Å²) in [5, 5.41) is 42.0. The molecule has 0 unspecified atom stereocenters. The lowest BCUT2D eigenvalue weighted by molar-refractivity contribution is -0.142. The van der Waals surface area contributed by atoms with Crippen molar-refractivity contribution in [1.82, 2.24) is 26.6 Å². The maximum Gasteiger partial charge on any atom is 0.326 e. The van der Waals surface area contributed by atoms with E-state index in [2.05, 4.69) is 26.6 Å². The van der Waals surface area contributed by atoms with Crippen LogP contribution in [-0.4, -0.2) is 87.6 Å². The molecule has 1 fully saturated rings. The van der Waals surface area contributed by atoms with E-state index in [1.54, 1.807) is 30.3 Å². The van der Waals surface area contributed by atoms with Gasteiger partial charge in [0.1, 0.15) is 29.9 Å². The van der Waals surface area contributed by atoms with Crippen LogP contribution in [0.3, 0.4) is 0 Å². The zero-order chi connectivity index (χ0) is 34.5. The van der Waals surface area contributed by atoms with Crippen molar-refractivity contribution in [2.24, 2.45) is 5.92 Å². The number of phenols is 1. The molecule has 3 rings (SSSR count). The van der Waals surface area contributed by atoms with Crippen LogP contribution in [0, 0.1) is 5.92 Å². The molecule has 2 aromatic rings. The first kappa shape index (κ1) is 36.5. The summed E-state index contributed by atoms with van der Waals surface area (Å²) in [5.74, 6) is -5.68. The molecule has 1 aliphatic heterocycles. The van der Waals surface area contributed by atoms with Gasteiger partial charge in [-0.25, -0.2) is 4.79 Å². The molecule has 14 heteroatoms. The van der Waals surface area contributed by atoms with Crippen molar-refractivity contribution in [1.29, 1.82) is 0 Å². The number of benzene rings is 2. The first-order chi connectivity index (χ1) is 22.3. The largest absolute Gasteiger partial charge is 0.508 e. The Kier molecular flexibility index (Phi) is 13.7. The van der Waals surface area contributed by atoms with Crippen molar-refractivity contribution >= 4 is 35.6 Å². The van der Waals surface area contributed by atoms with Crippen molar-refractivity contribution in [3.63, 3.8) is 0 Å². The van der Waals surface area contributed by atoms with Crippen LogP contribution in [0.15, 0.2) is 54.6 Å². The van der Waals surface area contributed by atoms with Crippen molar-refractivity contribution in [2.45, 2.75) is 82.6 Å². The van der Waals surface area contributed by atoms with Crippen LogP contribution in [0.1, 0.15) is 50.7 Å². The van der Waals surface area contributed by atoms with Crippen molar-refractivity contribution in [3.05, 3.63) is 65.7 Å². The first-order valence-corrected chi connectivity index (χ1v) is 15.5. The Morgan fingerprint density at radius 1 is 0.745 bits per heavy atom. The number of aromatic hydroxyl groups is 1. The van der Waals surface area contributed by atoms with Crippen LogP contribution in [0.2, 0.25) is 0 Å². The quantitative estimate of drug-likeness (QED) is 0.118. The van der Waals surface area contributed by atoms with Gasteiger partial charge in [-0.15, -0.1) is 0 Å². The summed E-state index contributed by atoms with van der Waals surface area (Å²) in [6.45, 7) is 4.23. The number of carboxylic acids is 2. The molecule has 254 valence electrons. The van der Waals surface area contributed by atoms with E-state index in [0.717, 1.165) is 6.42 Å². The average Bonchev–Trinajstić information content (AvgIpc) is 3.56. The summed E-state index contributed by atoms with van der Waals surface area (Å²) < 4.78 is 0. The fourth-order valence-corrected chi connectivity index (χ4v) is 5.21. The minimum atomic E-state index is -1.51. The molecule has 1 saturated heterocycles. The molecule has 5 atom stereocenters. The second kappa shape index (κ2) is 17.6. The summed E-state index contributed by atoms with van der Waals surface area (Å²) >= 11 is 0. The lowest BCUT2D eigenvalue weighted by Gasteiger charge is -2.26. The van der Waals surface area contributed by atoms with E-state index < -0.39 is 72.2 Å². The second-order valence-corrected chi connectivity index (χ2v) is 12.0. The molecule has 0 aliphatic carbocycles. The van der Waals surface area contributed by atoms with E-state index in [1.807, 2.05) is 13.8 Å². The number of hydrogen-bond donors (Lipinski definition) is 8. The highest BCUT2D eigenvalue weighted by Gasteiger charge is 2.34. The summed E-state index contributed by atoms with van der Waals surface area (Å²) in [5.41, 5.74) is 1.19. The van der Waals surface area contributed by atoms with Gasteiger partial charge < -0.3 is 41.9 Å². The van der Waals surface area contributed by atoms with E-state index >= 15 is 0 Å². The van der Waals surface area contributed by atoms with Gasteiger partial charge in [-0.2, -0.15) is 0 Å². The molecular weight excluding hydrogens is 610 g/mol. The second-order valence-electron chi connectivity index (χ2n) is 12.0. The minimum Gasteiger partial charge on any atom is -0.508 e. The molecule has 0 aromatic heterocycles. The lowest BCUT2D eigenvalue weighted by atomic mass is 10.0. The molecule has 2 aromatic carbocycles. The third-order valence-electron chi connectivity index (χ3n) is 7.63. The number of phenolic OH excluding ortho intramolecular Hbond substituents is 1. The van der Waals surface area contributed by atoms with Crippen LogP contribution < -0.4 is 26.6 Å². The van der Waals surface area contributed by atoms with Crippen LogP contribution in [-0.2, 0) is 41.6 Å². The number of carbonyl (C=O) groups is 6. The van der Waals surface area contributed by atoms with Gasteiger partial charge in [0.05, 0.1) is 12.5 Å². The van der Waals surface area contributed by atoms with Gasteiger partial charge in [0.2, 0.25) is 23.6 Å². The molecule has 47 heavy (non-hydrogen) atoms. The standard InChI is InChI=1S/C33H43N5O9/c1-19(2)15-27(33(46)47)38-31(44)24(16-20-7-4-3-5-8-20)35-30(43)25(17-21-10-12-22(39)13-11-21)36-32(45)26(18-28(40)41)37-29(42)23-9-6-14-34-23/h3-5,7-8,10-13,19,23-27,34,39H,6,9,14-18H2,1-2H3,(H,35,43)(H,36,45)(H,37,42)(H,38,44)(H,40,41)(H,46,47)/t23-,24-,25-,26-,27-/m0/s1. The van der Waals surface area contributed by atoms with Gasteiger partial charge in [0.25, 0.3) is 0 Å². The fraction of sp³-hybridized carbons (Fsp3) is 0.455. The molecule has 0 saturated carbocycles. The molecule has 1 heterocycles. The van der Waals surface area contributed by atoms with E-state index in [4.69, 9.17) is 0 Å². The topological polar surface area (TPSA) is 223 Å². The predicted molar refractivity (Wildman–Crippen MR) is 170 cm³/mol. The smallest absolute Gasteiger partial charge is 0.326 e. The Hall–Kier alpha value is -4.98. The summed E-state index contributed by atoms with van der Waals surface area (Å²) in [6, 6.07) is 8.68. The maximum atomic E-state index is 13.8. The summed E-state index contributed by atoms with van der Waals surface area (Å²) in [6.07, 6.45) is 0.539. The van der Waals surface area contributed by atoms with Crippen molar-refractivity contribution in [2.75, 3.05) is 6.54 Å². The molecule has 0 bridgehead atoms. The molecule has 0 spiro atoms. The zero-order valence-corrected chi connectivity index (χ0v) is 26.4. The van der Waals surface area contributed by atoms with Gasteiger partial charge >= 0.3 is 11.9 Å². The third kappa shape index (κ3) is 12.0. The number of aliphatic carboxylic acids is 2. The Labute approximate surface area is 272 Å². The van der Waals surface area contributed by atoms with Gasteiger partial charge in [-0.1, -0.05) is 56.3 Å². The van der Waals surface area contributed by atoms with Crippen molar-refractivity contribution < 1.29 is 44.1 Å². The molecule has 14 nitrogen and oxygen atoms in total. The molecule has 4 amide bonds. The Morgan fingerprint density at radius 3 is 1.77 bits per heavy atom. The maximum absolute atomic E-state index is 13.8. The molecule has 0 radical (unpaired) electrons. The highest BCUT2D eigenvalue weighted by atomic mass is 16.4. The molecule has 1 aliphatic rings. The van der Waals surface area contributed by atoms with Gasteiger partial charge in [0, 0.05) is 12.8 Å². The number of rotatable bonds is 17. The SMILES string of the molecule is CC(C)C[C@H](NC(=O)[C@H](Cc1ccccc1)NC(=O)[C@H](Cc1ccc(O)cc1)NC(=O)[C@H](CC(=O)O)NC(=O)[C@@H]1CCCN1)C(=O)O. The Balaban J connectivity index is 1.88.